The highest BCUT2D eigenvalue weighted by Gasteiger charge is 2.13. The molecule has 0 aromatic rings. The van der Waals surface area contributed by atoms with E-state index in [0.717, 1.165) is 18.8 Å². The number of hydrogen-bond acceptors (Lipinski definition) is 4. The van der Waals surface area contributed by atoms with Crippen molar-refractivity contribution < 1.29 is 4.79 Å². The van der Waals surface area contributed by atoms with Crippen LogP contribution in [0.2, 0.25) is 0 Å². The maximum atomic E-state index is 11.1. The normalized spacial score (nSPS) is 13.0. The van der Waals surface area contributed by atoms with Gasteiger partial charge in [0.25, 0.3) is 0 Å². The summed E-state index contributed by atoms with van der Waals surface area (Å²) in [4.78, 5) is 13.2. The number of amides is 1. The van der Waals surface area contributed by atoms with Crippen LogP contribution in [0.1, 0.15) is 6.92 Å². The van der Waals surface area contributed by atoms with Gasteiger partial charge in [0.1, 0.15) is 0 Å². The third-order valence-corrected chi connectivity index (χ3v) is 2.44. The minimum atomic E-state index is -0.101. The lowest BCUT2D eigenvalue weighted by Gasteiger charge is -2.19. The van der Waals surface area contributed by atoms with Crippen molar-refractivity contribution in [3.05, 3.63) is 0 Å². The summed E-state index contributed by atoms with van der Waals surface area (Å²) in [5, 5.41) is 0. The third kappa shape index (κ3) is 5.90. The number of rotatable bonds is 6. The van der Waals surface area contributed by atoms with Crippen molar-refractivity contribution in [3.63, 3.8) is 0 Å². The van der Waals surface area contributed by atoms with Crippen LogP contribution in [0.15, 0.2) is 0 Å². The number of thioether (sulfide) groups is 1. The van der Waals surface area contributed by atoms with Gasteiger partial charge in [-0.05, 0) is 13.3 Å². The van der Waals surface area contributed by atoms with Crippen LogP contribution >= 0.6 is 11.8 Å². The van der Waals surface area contributed by atoms with E-state index in [1.807, 2.05) is 14.0 Å². The average Bonchev–Trinajstić information content (AvgIpc) is 2.13. The first-order valence-electron chi connectivity index (χ1n) is 4.29. The van der Waals surface area contributed by atoms with E-state index < -0.39 is 0 Å². The SMILES string of the molecule is CSCCN(C)CC(C)C(=O)NN. The van der Waals surface area contributed by atoms with Crippen molar-refractivity contribution in [1.82, 2.24) is 10.3 Å². The highest BCUT2D eigenvalue weighted by Crippen LogP contribution is 1.99. The van der Waals surface area contributed by atoms with Crippen molar-refractivity contribution in [2.24, 2.45) is 11.8 Å². The standard InChI is InChI=1S/C8H19N3OS/c1-7(8(12)10-9)6-11(2)4-5-13-3/h7H,4-6,9H2,1-3H3,(H,10,12). The fourth-order valence-corrected chi connectivity index (χ4v) is 1.53. The predicted octanol–water partition coefficient (Wildman–Crippen LogP) is -0.0928. The van der Waals surface area contributed by atoms with Gasteiger partial charge in [0.05, 0.1) is 0 Å². The van der Waals surface area contributed by atoms with E-state index in [0.29, 0.717) is 0 Å². The first-order chi connectivity index (χ1) is 6.11. The number of hydrazine groups is 1. The monoisotopic (exact) mass is 205 g/mol. The van der Waals surface area contributed by atoms with E-state index in [-0.39, 0.29) is 11.8 Å². The van der Waals surface area contributed by atoms with Gasteiger partial charge in [-0.2, -0.15) is 11.8 Å². The first-order valence-corrected chi connectivity index (χ1v) is 5.69. The number of nitrogens with one attached hydrogen (secondary N) is 1. The molecule has 4 nitrogen and oxygen atoms in total. The van der Waals surface area contributed by atoms with Gasteiger partial charge in [0.2, 0.25) is 5.91 Å². The van der Waals surface area contributed by atoms with Crippen molar-refractivity contribution in [2.45, 2.75) is 6.92 Å². The molecular formula is C8H19N3OS. The Hall–Kier alpha value is -0.260. The molecule has 0 radical (unpaired) electrons. The molecule has 0 aliphatic heterocycles. The second kappa shape index (κ2) is 7.17. The summed E-state index contributed by atoms with van der Waals surface area (Å²) in [5.74, 6) is 5.97. The van der Waals surface area contributed by atoms with Gasteiger partial charge in [-0.25, -0.2) is 5.84 Å². The fraction of sp³-hybridized carbons (Fsp3) is 0.875. The van der Waals surface area contributed by atoms with Crippen LogP contribution in [0.3, 0.4) is 0 Å². The summed E-state index contributed by atoms with van der Waals surface area (Å²) < 4.78 is 0. The zero-order valence-electron chi connectivity index (χ0n) is 8.54. The molecule has 78 valence electrons. The van der Waals surface area contributed by atoms with E-state index in [1.165, 1.54) is 0 Å². The van der Waals surface area contributed by atoms with Crippen LogP contribution in [0.4, 0.5) is 0 Å². The Morgan fingerprint density at radius 2 is 2.31 bits per heavy atom. The van der Waals surface area contributed by atoms with Crippen LogP contribution in [-0.2, 0) is 4.79 Å². The molecule has 0 saturated heterocycles. The van der Waals surface area contributed by atoms with Crippen molar-refractivity contribution in [3.8, 4) is 0 Å². The summed E-state index contributed by atoms with van der Waals surface area (Å²) in [6.45, 7) is 3.63. The second-order valence-electron chi connectivity index (χ2n) is 3.16. The molecule has 0 rings (SSSR count). The Balaban J connectivity index is 3.64. The molecule has 5 heteroatoms. The van der Waals surface area contributed by atoms with Crippen LogP contribution < -0.4 is 11.3 Å². The quantitative estimate of drug-likeness (QED) is 0.361. The van der Waals surface area contributed by atoms with E-state index >= 15 is 0 Å². The van der Waals surface area contributed by atoms with Crippen molar-refractivity contribution in [1.29, 1.82) is 0 Å². The molecule has 0 bridgehead atoms. The van der Waals surface area contributed by atoms with Gasteiger partial charge >= 0.3 is 0 Å². The number of nitrogens with two attached hydrogens (primary N) is 1. The summed E-state index contributed by atoms with van der Waals surface area (Å²) in [7, 11) is 2.01. The average molecular weight is 205 g/mol. The van der Waals surface area contributed by atoms with Crippen LogP contribution in [0.25, 0.3) is 0 Å². The Morgan fingerprint density at radius 1 is 1.69 bits per heavy atom. The molecular weight excluding hydrogens is 186 g/mol. The summed E-state index contributed by atoms with van der Waals surface area (Å²) >= 11 is 1.80. The van der Waals surface area contributed by atoms with Crippen LogP contribution in [0.5, 0.6) is 0 Å². The zero-order chi connectivity index (χ0) is 10.3. The molecule has 3 N–H and O–H groups in total. The number of carbonyl (C=O) groups excluding carboxylic acids is 1. The van der Waals surface area contributed by atoms with Gasteiger partial charge in [-0.3, -0.25) is 10.2 Å². The third-order valence-electron chi connectivity index (χ3n) is 1.85. The fourth-order valence-electron chi connectivity index (χ4n) is 1.03. The largest absolute Gasteiger partial charge is 0.305 e. The molecule has 1 amide bonds. The second-order valence-corrected chi connectivity index (χ2v) is 4.15. The highest BCUT2D eigenvalue weighted by atomic mass is 32.2. The molecule has 13 heavy (non-hydrogen) atoms. The highest BCUT2D eigenvalue weighted by molar-refractivity contribution is 7.98. The molecule has 0 aliphatic rings. The molecule has 0 aromatic carbocycles. The lowest BCUT2D eigenvalue weighted by Crippen LogP contribution is -2.39. The van der Waals surface area contributed by atoms with Gasteiger partial charge in [-0.15, -0.1) is 0 Å². The minimum absolute atomic E-state index is 0.0446. The zero-order valence-corrected chi connectivity index (χ0v) is 9.36. The molecule has 0 spiro atoms. The van der Waals surface area contributed by atoms with E-state index in [4.69, 9.17) is 5.84 Å². The molecule has 1 unspecified atom stereocenters. The lowest BCUT2D eigenvalue weighted by atomic mass is 10.1. The topological polar surface area (TPSA) is 58.4 Å². The molecule has 0 heterocycles. The molecule has 0 aromatic heterocycles. The summed E-state index contributed by atoms with van der Waals surface area (Å²) in [6.07, 6.45) is 2.07. The first kappa shape index (κ1) is 12.7. The van der Waals surface area contributed by atoms with Crippen molar-refractivity contribution in [2.75, 3.05) is 32.1 Å². The Bertz CT molecular complexity index is 154. The minimum Gasteiger partial charge on any atom is -0.305 e. The Labute approximate surface area is 84.2 Å². The number of carbonyl (C=O) groups is 1. The van der Waals surface area contributed by atoms with Gasteiger partial charge < -0.3 is 4.90 Å². The van der Waals surface area contributed by atoms with E-state index in [1.54, 1.807) is 11.8 Å². The smallest absolute Gasteiger partial charge is 0.237 e. The van der Waals surface area contributed by atoms with Crippen LogP contribution in [-0.4, -0.2) is 43.0 Å². The number of nitrogens with zero attached hydrogens (tertiary/aromatic N) is 1. The maximum absolute atomic E-state index is 11.1. The van der Waals surface area contributed by atoms with Crippen molar-refractivity contribution >= 4 is 17.7 Å². The summed E-state index contributed by atoms with van der Waals surface area (Å²) in [5.41, 5.74) is 2.16. The van der Waals surface area contributed by atoms with Gasteiger partial charge in [-0.1, -0.05) is 6.92 Å². The molecule has 1 atom stereocenters. The van der Waals surface area contributed by atoms with E-state index in [2.05, 4.69) is 16.6 Å². The maximum Gasteiger partial charge on any atom is 0.237 e. The summed E-state index contributed by atoms with van der Waals surface area (Å²) in [6, 6.07) is 0. The predicted molar refractivity (Wildman–Crippen MR) is 57.4 cm³/mol. The molecule has 0 saturated carbocycles. The lowest BCUT2D eigenvalue weighted by molar-refractivity contribution is -0.125. The van der Waals surface area contributed by atoms with Gasteiger partial charge in [0.15, 0.2) is 0 Å². The molecule has 0 aliphatic carbocycles. The van der Waals surface area contributed by atoms with Crippen LogP contribution in [0, 0.1) is 5.92 Å². The Kier molecular flexibility index (Phi) is 7.03. The van der Waals surface area contributed by atoms with E-state index in [9.17, 15) is 4.79 Å². The number of hydrogen-bond donors (Lipinski definition) is 2. The van der Waals surface area contributed by atoms with Gasteiger partial charge in [0, 0.05) is 24.8 Å². The Morgan fingerprint density at radius 3 is 2.77 bits per heavy atom. The molecule has 0 fully saturated rings.